The normalized spacial score (nSPS) is 11.1. The Morgan fingerprint density at radius 1 is 1.10 bits per heavy atom. The predicted octanol–water partition coefficient (Wildman–Crippen LogP) is 1.32. The van der Waals surface area contributed by atoms with Gasteiger partial charge in [0.2, 0.25) is 5.95 Å². The lowest BCUT2D eigenvalue weighted by molar-refractivity contribution is 0.546. The minimum atomic E-state index is -0.637. The van der Waals surface area contributed by atoms with Crippen LogP contribution in [-0.2, 0) is 6.54 Å². The van der Waals surface area contributed by atoms with Crippen LogP contribution in [0.15, 0.2) is 24.5 Å². The highest BCUT2D eigenvalue weighted by Gasteiger charge is 2.14. The number of hydrogen-bond donors (Lipinski definition) is 2. The summed E-state index contributed by atoms with van der Waals surface area (Å²) >= 11 is 0. The number of imidazole rings is 1. The average Bonchev–Trinajstić information content (AvgIpc) is 2.77. The second-order valence-electron chi connectivity index (χ2n) is 4.21. The summed E-state index contributed by atoms with van der Waals surface area (Å²) in [5.41, 5.74) is 11.8. The maximum absolute atomic E-state index is 13.6. The molecule has 3 rings (SSSR count). The number of nitrogens with zero attached hydrogens (tertiary/aromatic N) is 4. The van der Waals surface area contributed by atoms with Gasteiger partial charge in [-0.1, -0.05) is 6.07 Å². The smallest absolute Gasteiger partial charge is 0.224 e. The van der Waals surface area contributed by atoms with Crippen molar-refractivity contribution < 1.29 is 8.78 Å². The first-order valence-electron chi connectivity index (χ1n) is 5.73. The van der Waals surface area contributed by atoms with Crippen LogP contribution >= 0.6 is 0 Å². The Labute approximate surface area is 112 Å². The Morgan fingerprint density at radius 2 is 1.80 bits per heavy atom. The molecule has 0 atom stereocenters. The lowest BCUT2D eigenvalue weighted by Gasteiger charge is -2.07. The number of halogens is 2. The third kappa shape index (κ3) is 1.91. The zero-order valence-corrected chi connectivity index (χ0v) is 10.2. The van der Waals surface area contributed by atoms with Crippen molar-refractivity contribution in [1.82, 2.24) is 19.5 Å². The number of anilines is 2. The van der Waals surface area contributed by atoms with Crippen molar-refractivity contribution in [2.24, 2.45) is 0 Å². The van der Waals surface area contributed by atoms with Crippen molar-refractivity contribution >= 4 is 22.9 Å². The van der Waals surface area contributed by atoms with E-state index in [-0.39, 0.29) is 23.9 Å². The van der Waals surface area contributed by atoms with E-state index in [9.17, 15) is 8.78 Å². The largest absolute Gasteiger partial charge is 0.382 e. The zero-order valence-electron chi connectivity index (χ0n) is 10.2. The highest BCUT2D eigenvalue weighted by atomic mass is 19.1. The molecule has 20 heavy (non-hydrogen) atoms. The average molecular weight is 276 g/mol. The number of hydrogen-bond acceptors (Lipinski definition) is 5. The Bertz CT molecular complexity index is 778. The SMILES string of the molecule is Nc1nc(N)c2ncn(Cc3c(F)cccc3F)c2n1. The lowest BCUT2D eigenvalue weighted by atomic mass is 10.2. The Morgan fingerprint density at radius 3 is 2.50 bits per heavy atom. The van der Waals surface area contributed by atoms with E-state index < -0.39 is 11.6 Å². The first kappa shape index (κ1) is 12.3. The molecule has 0 spiro atoms. The van der Waals surface area contributed by atoms with Crippen LogP contribution < -0.4 is 11.5 Å². The van der Waals surface area contributed by atoms with E-state index in [1.54, 1.807) is 0 Å². The summed E-state index contributed by atoms with van der Waals surface area (Å²) in [7, 11) is 0. The summed E-state index contributed by atoms with van der Waals surface area (Å²) in [6.07, 6.45) is 1.39. The minimum absolute atomic E-state index is 0.0224. The molecule has 6 nitrogen and oxygen atoms in total. The molecule has 0 unspecified atom stereocenters. The van der Waals surface area contributed by atoms with Crippen molar-refractivity contribution in [3.63, 3.8) is 0 Å². The molecule has 0 bridgehead atoms. The number of benzene rings is 1. The Balaban J connectivity index is 2.12. The van der Waals surface area contributed by atoms with Crippen molar-refractivity contribution in [3.05, 3.63) is 41.7 Å². The summed E-state index contributed by atoms with van der Waals surface area (Å²) in [6, 6.07) is 3.68. The van der Waals surface area contributed by atoms with Gasteiger partial charge in [0, 0.05) is 5.56 Å². The number of nitrogens with two attached hydrogens (primary N) is 2. The molecule has 1 aromatic carbocycles. The number of rotatable bonds is 2. The standard InChI is InChI=1S/C12H10F2N6/c13-7-2-1-3-8(14)6(7)4-20-5-17-9-10(15)18-12(16)19-11(9)20/h1-3,5H,4H2,(H4,15,16,18,19). The quantitative estimate of drug-likeness (QED) is 0.736. The Hall–Kier alpha value is -2.77. The summed E-state index contributed by atoms with van der Waals surface area (Å²) in [5, 5.41) is 0. The summed E-state index contributed by atoms with van der Waals surface area (Å²) in [6.45, 7) is -0.0646. The fraction of sp³-hybridized carbons (Fsp3) is 0.0833. The van der Waals surface area contributed by atoms with E-state index in [4.69, 9.17) is 11.5 Å². The van der Waals surface area contributed by atoms with Gasteiger partial charge in [-0.15, -0.1) is 0 Å². The van der Waals surface area contributed by atoms with E-state index in [1.165, 1.54) is 29.1 Å². The fourth-order valence-corrected chi connectivity index (χ4v) is 1.95. The molecule has 0 radical (unpaired) electrons. The maximum atomic E-state index is 13.6. The minimum Gasteiger partial charge on any atom is -0.382 e. The molecular formula is C12H10F2N6. The van der Waals surface area contributed by atoms with Crippen LogP contribution in [0.25, 0.3) is 11.2 Å². The maximum Gasteiger partial charge on any atom is 0.224 e. The number of nitrogen functional groups attached to an aromatic ring is 2. The van der Waals surface area contributed by atoms with Crippen molar-refractivity contribution in [2.45, 2.75) is 6.54 Å². The van der Waals surface area contributed by atoms with Crippen LogP contribution in [0.5, 0.6) is 0 Å². The van der Waals surface area contributed by atoms with Crippen LogP contribution in [0.2, 0.25) is 0 Å². The molecule has 0 saturated carbocycles. The number of aromatic nitrogens is 4. The Kier molecular flexibility index (Phi) is 2.70. The van der Waals surface area contributed by atoms with Gasteiger partial charge in [0.05, 0.1) is 12.9 Å². The second-order valence-corrected chi connectivity index (χ2v) is 4.21. The van der Waals surface area contributed by atoms with Crippen LogP contribution in [0.1, 0.15) is 5.56 Å². The third-order valence-corrected chi connectivity index (χ3v) is 2.90. The first-order chi connectivity index (χ1) is 9.56. The second kappa shape index (κ2) is 4.41. The zero-order chi connectivity index (χ0) is 14.3. The fourth-order valence-electron chi connectivity index (χ4n) is 1.95. The lowest BCUT2D eigenvalue weighted by Crippen LogP contribution is -2.06. The van der Waals surface area contributed by atoms with Crippen molar-refractivity contribution in [3.8, 4) is 0 Å². The van der Waals surface area contributed by atoms with Crippen LogP contribution in [0, 0.1) is 11.6 Å². The summed E-state index contributed by atoms with van der Waals surface area (Å²) in [5.74, 6) is -1.17. The molecule has 0 aliphatic heterocycles. The highest BCUT2D eigenvalue weighted by Crippen LogP contribution is 2.20. The summed E-state index contributed by atoms with van der Waals surface area (Å²) in [4.78, 5) is 11.8. The molecule has 0 aliphatic rings. The molecule has 0 saturated heterocycles. The van der Waals surface area contributed by atoms with Gasteiger partial charge in [0.1, 0.15) is 17.2 Å². The van der Waals surface area contributed by atoms with E-state index in [1.807, 2.05) is 0 Å². The van der Waals surface area contributed by atoms with Gasteiger partial charge in [-0.2, -0.15) is 9.97 Å². The van der Waals surface area contributed by atoms with Gasteiger partial charge in [0.25, 0.3) is 0 Å². The summed E-state index contributed by atoms with van der Waals surface area (Å²) < 4.78 is 28.8. The molecule has 102 valence electrons. The van der Waals surface area contributed by atoms with Gasteiger partial charge in [-0.05, 0) is 12.1 Å². The van der Waals surface area contributed by atoms with Gasteiger partial charge in [0.15, 0.2) is 11.5 Å². The van der Waals surface area contributed by atoms with Crippen molar-refractivity contribution in [1.29, 1.82) is 0 Å². The van der Waals surface area contributed by atoms with E-state index in [2.05, 4.69) is 15.0 Å². The molecule has 0 amide bonds. The first-order valence-corrected chi connectivity index (χ1v) is 5.73. The molecular weight excluding hydrogens is 266 g/mol. The topological polar surface area (TPSA) is 95.6 Å². The predicted molar refractivity (Wildman–Crippen MR) is 69.6 cm³/mol. The molecule has 0 aliphatic carbocycles. The number of fused-ring (bicyclic) bond motifs is 1. The highest BCUT2D eigenvalue weighted by molar-refractivity contribution is 5.82. The van der Waals surface area contributed by atoms with Crippen molar-refractivity contribution in [2.75, 3.05) is 11.5 Å². The molecule has 8 heteroatoms. The molecule has 4 N–H and O–H groups in total. The van der Waals surface area contributed by atoms with Gasteiger partial charge >= 0.3 is 0 Å². The van der Waals surface area contributed by atoms with Gasteiger partial charge < -0.3 is 16.0 Å². The molecule has 3 aromatic rings. The van der Waals surface area contributed by atoms with Crippen LogP contribution in [-0.4, -0.2) is 19.5 Å². The molecule has 0 fully saturated rings. The third-order valence-electron chi connectivity index (χ3n) is 2.90. The van der Waals surface area contributed by atoms with Crippen LogP contribution in [0.3, 0.4) is 0 Å². The van der Waals surface area contributed by atoms with E-state index >= 15 is 0 Å². The molecule has 2 aromatic heterocycles. The monoisotopic (exact) mass is 276 g/mol. The van der Waals surface area contributed by atoms with Gasteiger partial charge in [-0.3, -0.25) is 0 Å². The van der Waals surface area contributed by atoms with Crippen LogP contribution in [0.4, 0.5) is 20.5 Å². The van der Waals surface area contributed by atoms with E-state index in [0.717, 1.165) is 0 Å². The molecule has 2 heterocycles. The van der Waals surface area contributed by atoms with E-state index in [0.29, 0.717) is 11.2 Å². The van der Waals surface area contributed by atoms with Gasteiger partial charge in [-0.25, -0.2) is 13.8 Å².